The fourth-order valence-electron chi connectivity index (χ4n) is 2.09. The monoisotopic (exact) mass is 351 g/mol. The number of nitrogens with one attached hydrogen (secondary N) is 1. The van der Waals surface area contributed by atoms with Crippen LogP contribution < -0.4 is 10.4 Å². The first-order valence-electron chi connectivity index (χ1n) is 6.59. The summed E-state index contributed by atoms with van der Waals surface area (Å²) in [7, 11) is 0. The number of hydrogen-bond acceptors (Lipinski definition) is 5. The van der Waals surface area contributed by atoms with E-state index in [1.807, 2.05) is 6.07 Å². The summed E-state index contributed by atoms with van der Waals surface area (Å²) < 4.78 is 30.1. The minimum absolute atomic E-state index is 0.0156. The molecule has 0 fully saturated rings. The molecule has 0 bridgehead atoms. The molecule has 3 aromatic rings. The van der Waals surface area contributed by atoms with Gasteiger partial charge in [0.15, 0.2) is 17.9 Å². The molecule has 2 aromatic heterocycles. The number of aromatic amines is 1. The summed E-state index contributed by atoms with van der Waals surface area (Å²) in [6, 6.07) is 7.95. The van der Waals surface area contributed by atoms with Crippen LogP contribution in [0.4, 0.5) is 8.78 Å². The largest absolute Gasteiger partial charge is 0.459 e. The first-order valence-corrected chi connectivity index (χ1v) is 6.97. The molecule has 0 saturated heterocycles. The second-order valence-corrected chi connectivity index (χ2v) is 5.06. The molecule has 0 spiro atoms. The number of H-pyrrole nitrogens is 1. The summed E-state index contributed by atoms with van der Waals surface area (Å²) in [5, 5.41) is 13.6. The molecular weight excluding hydrogens is 344 g/mol. The molecule has 0 amide bonds. The molecule has 0 saturated carbocycles. The first kappa shape index (κ1) is 15.9. The summed E-state index contributed by atoms with van der Waals surface area (Å²) in [6.45, 7) is -0.922. The maximum absolute atomic E-state index is 12.3. The van der Waals surface area contributed by atoms with Crippen LogP contribution in [0.15, 0.2) is 29.1 Å². The van der Waals surface area contributed by atoms with Crippen LogP contribution in [-0.2, 0) is 0 Å². The Balaban J connectivity index is 2.21. The van der Waals surface area contributed by atoms with Crippen LogP contribution in [0.25, 0.3) is 16.8 Å². The molecule has 0 aliphatic carbocycles. The average Bonchev–Trinajstić information content (AvgIpc) is 2.93. The molecule has 10 heteroatoms. The molecule has 0 aliphatic heterocycles. The number of nitriles is 1. The minimum Gasteiger partial charge on any atom is -0.459 e. The van der Waals surface area contributed by atoms with Crippen LogP contribution in [0, 0.1) is 11.3 Å². The highest BCUT2D eigenvalue weighted by Gasteiger charge is 2.19. The second kappa shape index (κ2) is 6.25. The molecule has 122 valence electrons. The van der Waals surface area contributed by atoms with Gasteiger partial charge in [0.25, 0.3) is 12.4 Å². The van der Waals surface area contributed by atoms with Crippen molar-refractivity contribution in [3.05, 3.63) is 45.5 Å². The number of alkyl halides is 2. The SMILES string of the molecule is N#Cc1nn2c(=O)[nH]c(OCC(F)F)nc2c1-c1ccc(Cl)cc1. The van der Waals surface area contributed by atoms with Crippen molar-refractivity contribution in [2.45, 2.75) is 6.43 Å². The van der Waals surface area contributed by atoms with Gasteiger partial charge in [-0.25, -0.2) is 13.6 Å². The molecule has 0 radical (unpaired) electrons. The summed E-state index contributed by atoms with van der Waals surface area (Å²) >= 11 is 5.84. The Labute approximate surface area is 138 Å². The highest BCUT2D eigenvalue weighted by atomic mass is 35.5. The number of benzene rings is 1. The highest BCUT2D eigenvalue weighted by Crippen LogP contribution is 2.28. The standard InChI is InChI=1S/C14H8ClF2N5O2/c15-8-3-1-7(2-4-8)11-9(5-18)21-22-12(11)19-13(20-14(22)23)24-6-10(16)17/h1-4,10H,6H2,(H,19,20,23). The predicted molar refractivity (Wildman–Crippen MR) is 80.3 cm³/mol. The molecule has 1 aromatic carbocycles. The third-order valence-corrected chi connectivity index (χ3v) is 3.31. The number of fused-ring (bicyclic) bond motifs is 1. The molecule has 1 N–H and O–H groups in total. The van der Waals surface area contributed by atoms with Crippen LogP contribution >= 0.6 is 11.6 Å². The van der Waals surface area contributed by atoms with Crippen LogP contribution in [0.2, 0.25) is 5.02 Å². The van der Waals surface area contributed by atoms with Gasteiger partial charge >= 0.3 is 5.69 Å². The van der Waals surface area contributed by atoms with Crippen molar-refractivity contribution >= 4 is 17.2 Å². The molecular formula is C14H8ClF2N5O2. The molecule has 24 heavy (non-hydrogen) atoms. The third kappa shape index (κ3) is 2.91. The quantitative estimate of drug-likeness (QED) is 0.777. The maximum Gasteiger partial charge on any atom is 0.352 e. The van der Waals surface area contributed by atoms with E-state index in [1.165, 1.54) is 0 Å². The highest BCUT2D eigenvalue weighted by molar-refractivity contribution is 6.30. The van der Waals surface area contributed by atoms with Gasteiger partial charge < -0.3 is 4.74 Å². The van der Waals surface area contributed by atoms with E-state index in [0.717, 1.165) is 4.52 Å². The lowest BCUT2D eigenvalue weighted by molar-refractivity contribution is 0.0768. The molecule has 0 unspecified atom stereocenters. The lowest BCUT2D eigenvalue weighted by Gasteiger charge is -2.04. The molecule has 3 rings (SSSR count). The Bertz CT molecular complexity index is 991. The lowest BCUT2D eigenvalue weighted by Crippen LogP contribution is -2.21. The van der Waals surface area contributed by atoms with E-state index >= 15 is 0 Å². The second-order valence-electron chi connectivity index (χ2n) is 4.63. The van der Waals surface area contributed by atoms with Crippen LogP contribution in [-0.4, -0.2) is 32.6 Å². The van der Waals surface area contributed by atoms with Crippen molar-refractivity contribution < 1.29 is 13.5 Å². The van der Waals surface area contributed by atoms with Gasteiger partial charge in [-0.1, -0.05) is 23.7 Å². The normalized spacial score (nSPS) is 11.0. The van der Waals surface area contributed by atoms with Gasteiger partial charge in [0.2, 0.25) is 0 Å². The number of ether oxygens (including phenoxy) is 1. The summed E-state index contributed by atoms with van der Waals surface area (Å²) in [5.74, 6) is 0. The van der Waals surface area contributed by atoms with Crippen molar-refractivity contribution in [2.24, 2.45) is 0 Å². The summed E-state index contributed by atoms with van der Waals surface area (Å²) in [6.07, 6.45) is -2.72. The van der Waals surface area contributed by atoms with Gasteiger partial charge in [-0.2, -0.15) is 19.9 Å². The Morgan fingerprint density at radius 2 is 2.08 bits per heavy atom. The van der Waals surface area contributed by atoms with Crippen LogP contribution in [0.3, 0.4) is 0 Å². The summed E-state index contributed by atoms with van der Waals surface area (Å²) in [5.41, 5.74) is 0.0372. The van der Waals surface area contributed by atoms with Crippen LogP contribution in [0.5, 0.6) is 6.01 Å². The number of aromatic nitrogens is 4. The summed E-state index contributed by atoms with van der Waals surface area (Å²) in [4.78, 5) is 18.2. The van der Waals surface area contributed by atoms with E-state index in [4.69, 9.17) is 16.3 Å². The smallest absolute Gasteiger partial charge is 0.352 e. The maximum atomic E-state index is 12.3. The minimum atomic E-state index is -2.72. The molecule has 0 atom stereocenters. The van der Waals surface area contributed by atoms with E-state index < -0.39 is 18.7 Å². The zero-order valence-corrected chi connectivity index (χ0v) is 12.6. The third-order valence-electron chi connectivity index (χ3n) is 3.06. The lowest BCUT2D eigenvalue weighted by atomic mass is 10.1. The van der Waals surface area contributed by atoms with E-state index in [0.29, 0.717) is 10.6 Å². The van der Waals surface area contributed by atoms with Gasteiger partial charge in [0, 0.05) is 5.02 Å². The zero-order valence-electron chi connectivity index (χ0n) is 11.8. The van der Waals surface area contributed by atoms with E-state index in [9.17, 15) is 18.8 Å². The van der Waals surface area contributed by atoms with Gasteiger partial charge in [-0.15, -0.1) is 0 Å². The fraction of sp³-hybridized carbons (Fsp3) is 0.143. The average molecular weight is 352 g/mol. The van der Waals surface area contributed by atoms with E-state index in [1.54, 1.807) is 24.3 Å². The number of halogens is 3. The topological polar surface area (TPSA) is 96.1 Å². The zero-order chi connectivity index (χ0) is 17.3. The van der Waals surface area contributed by atoms with Crippen LogP contribution in [0.1, 0.15) is 5.69 Å². The molecule has 2 heterocycles. The Kier molecular flexibility index (Phi) is 4.14. The fourth-order valence-corrected chi connectivity index (χ4v) is 2.22. The van der Waals surface area contributed by atoms with Gasteiger partial charge in [0.1, 0.15) is 6.07 Å². The van der Waals surface area contributed by atoms with Crippen molar-refractivity contribution in [2.75, 3.05) is 6.61 Å². The van der Waals surface area contributed by atoms with Crippen molar-refractivity contribution in [1.82, 2.24) is 19.6 Å². The van der Waals surface area contributed by atoms with E-state index in [2.05, 4.69) is 15.1 Å². The van der Waals surface area contributed by atoms with E-state index in [-0.39, 0.29) is 22.9 Å². The van der Waals surface area contributed by atoms with Crippen molar-refractivity contribution in [3.63, 3.8) is 0 Å². The first-order chi connectivity index (χ1) is 11.5. The number of rotatable bonds is 4. The van der Waals surface area contributed by atoms with Crippen molar-refractivity contribution in [3.8, 4) is 23.2 Å². The van der Waals surface area contributed by atoms with Gasteiger partial charge in [0.05, 0.1) is 5.56 Å². The Morgan fingerprint density at radius 3 is 2.71 bits per heavy atom. The van der Waals surface area contributed by atoms with Gasteiger partial charge in [-0.3, -0.25) is 4.98 Å². The van der Waals surface area contributed by atoms with Gasteiger partial charge in [-0.05, 0) is 17.7 Å². The number of nitrogens with zero attached hydrogens (tertiary/aromatic N) is 4. The number of hydrogen-bond donors (Lipinski definition) is 1. The van der Waals surface area contributed by atoms with Crippen molar-refractivity contribution in [1.29, 1.82) is 5.26 Å². The Hall–Kier alpha value is -2.99. The molecule has 7 nitrogen and oxygen atoms in total. The molecule has 0 aliphatic rings. The Morgan fingerprint density at radius 1 is 1.38 bits per heavy atom. The predicted octanol–water partition coefficient (Wildman–Crippen LogP) is 2.25.